The molecule has 0 aromatic heterocycles. The molecular formula is C20H14F2O5. The van der Waals surface area contributed by atoms with Crippen LogP contribution in [-0.2, 0) is 14.3 Å². The highest BCUT2D eigenvalue weighted by atomic mass is 19.1. The van der Waals surface area contributed by atoms with E-state index < -0.39 is 23.6 Å². The standard InChI is InChI=1S/C20H14F2O5/c1-3-19(23)26-10-9-25-18-8-5-13(11-17(18)22)15-7-6-14(12-16(15)21)27-20(24)4-2/h3-12H,1-2H2. The molecule has 2 rings (SSSR count). The Labute approximate surface area is 153 Å². The highest BCUT2D eigenvalue weighted by Crippen LogP contribution is 2.29. The van der Waals surface area contributed by atoms with Crippen LogP contribution in [0.5, 0.6) is 11.5 Å². The Kier molecular flexibility index (Phi) is 6.60. The van der Waals surface area contributed by atoms with E-state index in [9.17, 15) is 18.4 Å². The zero-order chi connectivity index (χ0) is 19.8. The lowest BCUT2D eigenvalue weighted by Crippen LogP contribution is -2.03. The van der Waals surface area contributed by atoms with Crippen LogP contribution in [0.25, 0.3) is 11.1 Å². The number of hydrogen-bond acceptors (Lipinski definition) is 5. The maximum absolute atomic E-state index is 14.2. The highest BCUT2D eigenvalue weighted by molar-refractivity contribution is 5.83. The van der Waals surface area contributed by atoms with Crippen LogP contribution in [0.3, 0.4) is 0 Å². The van der Waals surface area contributed by atoms with Crippen molar-refractivity contribution in [2.75, 3.05) is 0 Å². The summed E-state index contributed by atoms with van der Waals surface area (Å²) in [4.78, 5) is 22.0. The summed E-state index contributed by atoms with van der Waals surface area (Å²) in [6.07, 6.45) is 3.81. The van der Waals surface area contributed by atoms with Crippen molar-refractivity contribution in [2.45, 2.75) is 0 Å². The van der Waals surface area contributed by atoms with E-state index in [0.29, 0.717) is 0 Å². The Balaban J connectivity index is 2.14. The average molecular weight is 372 g/mol. The Bertz CT molecular complexity index is 919. The van der Waals surface area contributed by atoms with Crippen LogP contribution in [0.4, 0.5) is 8.78 Å². The zero-order valence-corrected chi connectivity index (χ0v) is 14.0. The highest BCUT2D eigenvalue weighted by Gasteiger charge is 2.11. The predicted molar refractivity (Wildman–Crippen MR) is 93.7 cm³/mol. The number of halogens is 2. The van der Waals surface area contributed by atoms with Crippen molar-refractivity contribution in [2.24, 2.45) is 0 Å². The first-order chi connectivity index (χ1) is 12.9. The summed E-state index contributed by atoms with van der Waals surface area (Å²) < 4.78 is 42.7. The number of hydrogen-bond donors (Lipinski definition) is 0. The largest absolute Gasteiger partial charge is 0.459 e. The van der Waals surface area contributed by atoms with Crippen molar-refractivity contribution in [1.82, 2.24) is 0 Å². The van der Waals surface area contributed by atoms with Crippen molar-refractivity contribution in [3.63, 3.8) is 0 Å². The number of rotatable bonds is 7. The minimum absolute atomic E-state index is 0.000726. The van der Waals surface area contributed by atoms with Gasteiger partial charge in [-0.05, 0) is 29.8 Å². The zero-order valence-electron chi connectivity index (χ0n) is 14.0. The first kappa shape index (κ1) is 19.6. The molecule has 0 aliphatic carbocycles. The molecule has 0 saturated carbocycles. The molecule has 0 radical (unpaired) electrons. The third kappa shape index (κ3) is 5.37. The molecule has 0 spiro atoms. The molecule has 0 fully saturated rings. The lowest BCUT2D eigenvalue weighted by atomic mass is 10.0. The predicted octanol–water partition coefficient (Wildman–Crippen LogP) is 4.30. The molecule has 7 heteroatoms. The van der Waals surface area contributed by atoms with Crippen molar-refractivity contribution < 1.29 is 32.6 Å². The topological polar surface area (TPSA) is 61.8 Å². The first-order valence-electron chi connectivity index (χ1n) is 7.53. The number of ether oxygens (including phenoxy) is 3. The second kappa shape index (κ2) is 9.10. The smallest absolute Gasteiger partial charge is 0.335 e. The van der Waals surface area contributed by atoms with Gasteiger partial charge in [0.1, 0.15) is 24.1 Å². The molecule has 0 amide bonds. The van der Waals surface area contributed by atoms with E-state index in [4.69, 9.17) is 9.47 Å². The van der Waals surface area contributed by atoms with E-state index in [-0.39, 0.29) is 22.6 Å². The molecule has 2 aromatic carbocycles. The number of carbonyl (C=O) groups excluding carboxylic acids is 2. The van der Waals surface area contributed by atoms with Gasteiger partial charge in [-0.1, -0.05) is 19.2 Å². The summed E-state index contributed by atoms with van der Waals surface area (Å²) in [5.74, 6) is -3.02. The number of benzene rings is 2. The molecule has 2 aromatic rings. The minimum Gasteiger partial charge on any atom is -0.459 e. The lowest BCUT2D eigenvalue weighted by molar-refractivity contribution is -0.132. The van der Waals surface area contributed by atoms with Crippen molar-refractivity contribution in [3.05, 3.63) is 85.9 Å². The Morgan fingerprint density at radius 3 is 2.26 bits per heavy atom. The lowest BCUT2D eigenvalue weighted by Gasteiger charge is -2.08. The van der Waals surface area contributed by atoms with E-state index in [2.05, 4.69) is 17.9 Å². The molecule has 0 aliphatic heterocycles. The van der Waals surface area contributed by atoms with Crippen molar-refractivity contribution >= 4 is 11.9 Å². The Morgan fingerprint density at radius 1 is 0.889 bits per heavy atom. The van der Waals surface area contributed by atoms with Crippen LogP contribution in [0.15, 0.2) is 74.2 Å². The summed E-state index contributed by atoms with van der Waals surface area (Å²) in [6, 6.07) is 7.54. The molecule has 0 atom stereocenters. The van der Waals surface area contributed by atoms with E-state index in [1.165, 1.54) is 24.3 Å². The molecule has 0 bridgehead atoms. The average Bonchev–Trinajstić information content (AvgIpc) is 2.66. The van der Waals surface area contributed by atoms with Gasteiger partial charge in [-0.15, -0.1) is 0 Å². The van der Waals surface area contributed by atoms with Gasteiger partial charge in [0.15, 0.2) is 11.6 Å². The van der Waals surface area contributed by atoms with Gasteiger partial charge in [0.05, 0.1) is 0 Å². The molecule has 0 N–H and O–H groups in total. The number of esters is 2. The van der Waals surface area contributed by atoms with E-state index in [0.717, 1.165) is 36.8 Å². The van der Waals surface area contributed by atoms with Crippen LogP contribution >= 0.6 is 0 Å². The molecule has 0 saturated heterocycles. The van der Waals surface area contributed by atoms with Gasteiger partial charge >= 0.3 is 11.9 Å². The molecule has 0 unspecified atom stereocenters. The molecule has 138 valence electrons. The fourth-order valence-electron chi connectivity index (χ4n) is 1.96. The number of carbonyl (C=O) groups is 2. The summed E-state index contributed by atoms with van der Waals surface area (Å²) >= 11 is 0. The second-order valence-electron chi connectivity index (χ2n) is 4.94. The monoisotopic (exact) mass is 372 g/mol. The normalized spacial score (nSPS) is 10.3. The third-order valence-electron chi connectivity index (χ3n) is 3.17. The van der Waals surface area contributed by atoms with E-state index >= 15 is 0 Å². The maximum Gasteiger partial charge on any atom is 0.335 e. The van der Waals surface area contributed by atoms with Gasteiger partial charge in [-0.2, -0.15) is 0 Å². The summed E-state index contributed by atoms with van der Waals surface area (Å²) in [5.41, 5.74) is 0.357. The Morgan fingerprint density at radius 2 is 1.63 bits per heavy atom. The minimum atomic E-state index is -0.756. The van der Waals surface area contributed by atoms with Gasteiger partial charge in [-0.25, -0.2) is 18.4 Å². The first-order valence-corrected chi connectivity index (χ1v) is 7.53. The SMILES string of the molecule is C=CC(=O)OC=COc1ccc(-c2ccc(OC(=O)C=C)cc2F)cc1F. The summed E-state index contributed by atoms with van der Waals surface area (Å²) in [7, 11) is 0. The third-order valence-corrected chi connectivity index (χ3v) is 3.17. The fraction of sp³-hybridized carbons (Fsp3) is 0. The fourth-order valence-corrected chi connectivity index (χ4v) is 1.96. The van der Waals surface area contributed by atoms with Crippen molar-refractivity contribution in [1.29, 1.82) is 0 Å². The summed E-state index contributed by atoms with van der Waals surface area (Å²) in [5, 5.41) is 0. The van der Waals surface area contributed by atoms with Crippen LogP contribution in [0.1, 0.15) is 0 Å². The summed E-state index contributed by atoms with van der Waals surface area (Å²) in [6.45, 7) is 6.46. The quantitative estimate of drug-likeness (QED) is 0.314. The molecule has 27 heavy (non-hydrogen) atoms. The van der Waals surface area contributed by atoms with Gasteiger partial charge < -0.3 is 14.2 Å². The van der Waals surface area contributed by atoms with Crippen LogP contribution in [-0.4, -0.2) is 11.9 Å². The van der Waals surface area contributed by atoms with Crippen LogP contribution in [0.2, 0.25) is 0 Å². The van der Waals surface area contributed by atoms with E-state index in [1.54, 1.807) is 0 Å². The molecule has 0 heterocycles. The van der Waals surface area contributed by atoms with Crippen molar-refractivity contribution in [3.8, 4) is 22.6 Å². The van der Waals surface area contributed by atoms with Gasteiger partial charge in [0.2, 0.25) is 0 Å². The maximum atomic E-state index is 14.2. The van der Waals surface area contributed by atoms with Gasteiger partial charge in [-0.3, -0.25) is 0 Å². The molecule has 0 aliphatic rings. The van der Waals surface area contributed by atoms with Crippen LogP contribution in [0, 0.1) is 11.6 Å². The van der Waals surface area contributed by atoms with E-state index in [1.807, 2.05) is 0 Å². The second-order valence-corrected chi connectivity index (χ2v) is 4.94. The molecular weight excluding hydrogens is 358 g/mol. The van der Waals surface area contributed by atoms with Crippen LogP contribution < -0.4 is 9.47 Å². The molecule has 5 nitrogen and oxygen atoms in total. The van der Waals surface area contributed by atoms with Gasteiger partial charge in [0, 0.05) is 23.8 Å². The Hall–Kier alpha value is -3.74. The van der Waals surface area contributed by atoms with Gasteiger partial charge in [0.25, 0.3) is 0 Å².